The van der Waals surface area contributed by atoms with Gasteiger partial charge in [0.1, 0.15) is 5.75 Å². The first-order valence-electron chi connectivity index (χ1n) is 7.37. The second kappa shape index (κ2) is 9.38. The molecule has 0 fully saturated rings. The van der Waals surface area contributed by atoms with Gasteiger partial charge in [0, 0.05) is 5.02 Å². The number of thiocarbonyl (C=S) groups is 1. The number of hydrazine groups is 1. The molecule has 0 aromatic heterocycles. The summed E-state index contributed by atoms with van der Waals surface area (Å²) in [6, 6.07) is 11.5. The number of methoxy groups -OCH3 is 1. The third kappa shape index (κ3) is 5.87. The first-order chi connectivity index (χ1) is 12.4. The highest BCUT2D eigenvalue weighted by Crippen LogP contribution is 2.20. The molecule has 0 saturated carbocycles. The van der Waals surface area contributed by atoms with Gasteiger partial charge in [0.25, 0.3) is 5.91 Å². The quantitative estimate of drug-likeness (QED) is 0.532. The zero-order valence-electron chi connectivity index (χ0n) is 13.6. The summed E-state index contributed by atoms with van der Waals surface area (Å²) in [7, 11) is 1.57. The highest BCUT2D eigenvalue weighted by molar-refractivity contribution is 7.80. The Balaban J connectivity index is 1.81. The molecule has 0 aliphatic rings. The zero-order valence-corrected chi connectivity index (χ0v) is 16.0. The molecule has 2 aromatic carbocycles. The minimum Gasteiger partial charge on any atom is -0.497 e. The predicted octanol–water partition coefficient (Wildman–Crippen LogP) is 2.88. The number of ether oxygens (including phenoxy) is 1. The normalized spacial score (nSPS) is 9.96. The molecule has 0 aliphatic carbocycles. The number of benzene rings is 2. The molecule has 26 heavy (non-hydrogen) atoms. The minimum atomic E-state index is -0.515. The van der Waals surface area contributed by atoms with Crippen LogP contribution in [-0.4, -0.2) is 24.0 Å². The van der Waals surface area contributed by atoms with Gasteiger partial charge >= 0.3 is 0 Å². The van der Waals surface area contributed by atoms with E-state index in [1.165, 1.54) is 18.2 Å². The van der Waals surface area contributed by atoms with Gasteiger partial charge in [-0.1, -0.05) is 35.3 Å². The van der Waals surface area contributed by atoms with Crippen molar-refractivity contribution in [2.24, 2.45) is 0 Å². The number of carbonyl (C=O) groups is 2. The Bertz CT molecular complexity index is 829. The first kappa shape index (κ1) is 20.0. The van der Waals surface area contributed by atoms with Crippen molar-refractivity contribution in [1.29, 1.82) is 0 Å². The fourth-order valence-corrected chi connectivity index (χ4v) is 2.64. The van der Waals surface area contributed by atoms with Gasteiger partial charge in [0.15, 0.2) is 5.11 Å². The third-order valence-corrected chi connectivity index (χ3v) is 3.99. The summed E-state index contributed by atoms with van der Waals surface area (Å²) >= 11 is 16.7. The van der Waals surface area contributed by atoms with Crippen LogP contribution in [0.5, 0.6) is 5.75 Å². The van der Waals surface area contributed by atoms with Crippen LogP contribution in [0.2, 0.25) is 10.0 Å². The topological polar surface area (TPSA) is 79.5 Å². The molecular formula is C17H15Cl2N3O3S. The fourth-order valence-electron chi connectivity index (χ4n) is 1.99. The maximum absolute atomic E-state index is 12.0. The Morgan fingerprint density at radius 3 is 2.38 bits per heavy atom. The van der Waals surface area contributed by atoms with Crippen LogP contribution in [0.1, 0.15) is 15.9 Å². The number of halogens is 2. The van der Waals surface area contributed by atoms with E-state index in [1.807, 2.05) is 0 Å². The van der Waals surface area contributed by atoms with Gasteiger partial charge in [-0.3, -0.25) is 20.4 Å². The van der Waals surface area contributed by atoms with Gasteiger partial charge in [-0.25, -0.2) is 0 Å². The molecule has 9 heteroatoms. The molecule has 3 N–H and O–H groups in total. The summed E-state index contributed by atoms with van der Waals surface area (Å²) in [6.45, 7) is 0. The highest BCUT2D eigenvalue weighted by atomic mass is 35.5. The molecule has 0 unspecified atom stereocenters. The van der Waals surface area contributed by atoms with Crippen molar-refractivity contribution in [3.8, 4) is 5.75 Å². The monoisotopic (exact) mass is 411 g/mol. The number of rotatable bonds is 4. The average Bonchev–Trinajstić information content (AvgIpc) is 2.60. The number of amides is 2. The van der Waals surface area contributed by atoms with Crippen molar-refractivity contribution in [1.82, 2.24) is 16.2 Å². The smallest absolute Gasteiger partial charge is 0.271 e. The van der Waals surface area contributed by atoms with E-state index in [2.05, 4.69) is 16.2 Å². The van der Waals surface area contributed by atoms with Crippen molar-refractivity contribution in [3.63, 3.8) is 0 Å². The summed E-state index contributed by atoms with van der Waals surface area (Å²) in [5.41, 5.74) is 5.81. The summed E-state index contributed by atoms with van der Waals surface area (Å²) in [4.78, 5) is 24.0. The minimum absolute atomic E-state index is 0.0399. The largest absolute Gasteiger partial charge is 0.497 e. The zero-order chi connectivity index (χ0) is 19.1. The van der Waals surface area contributed by atoms with Crippen LogP contribution >= 0.6 is 35.4 Å². The van der Waals surface area contributed by atoms with Crippen molar-refractivity contribution < 1.29 is 14.3 Å². The summed E-state index contributed by atoms with van der Waals surface area (Å²) in [5, 5.41) is 3.05. The lowest BCUT2D eigenvalue weighted by molar-refractivity contribution is -0.119. The molecule has 0 saturated heterocycles. The number of hydrogen-bond donors (Lipinski definition) is 3. The highest BCUT2D eigenvalue weighted by Gasteiger charge is 2.12. The Hall–Kier alpha value is -2.35. The molecule has 0 spiro atoms. The summed E-state index contributed by atoms with van der Waals surface area (Å²) < 4.78 is 5.06. The van der Waals surface area contributed by atoms with Crippen LogP contribution in [-0.2, 0) is 11.2 Å². The molecule has 136 valence electrons. The molecule has 0 heterocycles. The second-order valence-corrected chi connectivity index (χ2v) is 6.36. The van der Waals surface area contributed by atoms with Crippen LogP contribution in [0.3, 0.4) is 0 Å². The van der Waals surface area contributed by atoms with E-state index >= 15 is 0 Å². The van der Waals surface area contributed by atoms with Crippen molar-refractivity contribution in [3.05, 3.63) is 63.6 Å². The van der Waals surface area contributed by atoms with Crippen molar-refractivity contribution in [2.75, 3.05) is 7.11 Å². The first-order valence-corrected chi connectivity index (χ1v) is 8.53. The Labute approximate surface area is 165 Å². The lowest BCUT2D eigenvalue weighted by atomic mass is 10.1. The van der Waals surface area contributed by atoms with Crippen molar-refractivity contribution in [2.45, 2.75) is 6.42 Å². The van der Waals surface area contributed by atoms with E-state index in [0.29, 0.717) is 10.8 Å². The number of hydrogen-bond acceptors (Lipinski definition) is 4. The summed E-state index contributed by atoms with van der Waals surface area (Å²) in [6.07, 6.45) is 0.128. The lowest BCUT2D eigenvalue weighted by Crippen LogP contribution is -2.48. The third-order valence-electron chi connectivity index (χ3n) is 3.24. The van der Waals surface area contributed by atoms with Crippen LogP contribution in [0, 0.1) is 0 Å². The van der Waals surface area contributed by atoms with E-state index in [4.69, 9.17) is 40.2 Å². The molecule has 0 aliphatic heterocycles. The Morgan fingerprint density at radius 2 is 1.77 bits per heavy atom. The van der Waals surface area contributed by atoms with E-state index in [0.717, 1.165) is 5.56 Å². The van der Waals surface area contributed by atoms with Crippen LogP contribution < -0.4 is 20.9 Å². The molecule has 2 rings (SSSR count). The van der Waals surface area contributed by atoms with Crippen LogP contribution in [0.4, 0.5) is 0 Å². The molecule has 2 aromatic rings. The second-order valence-electron chi connectivity index (χ2n) is 5.11. The SMILES string of the molecule is COc1ccc(CC(=O)NC(=S)NNC(=O)c2ccc(Cl)cc2Cl)cc1. The average molecular weight is 412 g/mol. The van der Waals surface area contributed by atoms with Gasteiger partial charge < -0.3 is 10.1 Å². The molecule has 0 atom stereocenters. The summed E-state index contributed by atoms with van der Waals surface area (Å²) in [5.74, 6) is -0.139. The van der Waals surface area contributed by atoms with Gasteiger partial charge in [-0.2, -0.15) is 0 Å². The van der Waals surface area contributed by atoms with Gasteiger partial charge in [-0.05, 0) is 48.1 Å². The Morgan fingerprint density at radius 1 is 1.08 bits per heavy atom. The number of nitrogens with one attached hydrogen (secondary N) is 3. The maximum Gasteiger partial charge on any atom is 0.271 e. The predicted molar refractivity (Wildman–Crippen MR) is 105 cm³/mol. The van der Waals surface area contributed by atoms with E-state index in [1.54, 1.807) is 31.4 Å². The molecular weight excluding hydrogens is 397 g/mol. The maximum atomic E-state index is 12.0. The van der Waals surface area contributed by atoms with Gasteiger partial charge in [-0.15, -0.1) is 0 Å². The molecule has 6 nitrogen and oxygen atoms in total. The standard InChI is InChI=1S/C17H15Cl2N3O3S/c1-25-12-5-2-10(3-6-12)8-15(23)20-17(26)22-21-16(24)13-7-4-11(18)9-14(13)19/h2-7,9H,8H2,1H3,(H,21,24)(H2,20,22,23,26). The molecule has 0 bridgehead atoms. The number of carbonyl (C=O) groups excluding carboxylic acids is 2. The lowest BCUT2D eigenvalue weighted by Gasteiger charge is -2.11. The van der Waals surface area contributed by atoms with Crippen molar-refractivity contribution >= 4 is 52.3 Å². The van der Waals surface area contributed by atoms with Gasteiger partial charge in [0.05, 0.1) is 24.1 Å². The Kier molecular flexibility index (Phi) is 7.20. The van der Waals surface area contributed by atoms with E-state index in [9.17, 15) is 9.59 Å². The molecule has 0 radical (unpaired) electrons. The molecule has 2 amide bonds. The fraction of sp³-hybridized carbons (Fsp3) is 0.118. The van der Waals surface area contributed by atoms with Crippen LogP contribution in [0.25, 0.3) is 0 Å². The van der Waals surface area contributed by atoms with Crippen LogP contribution in [0.15, 0.2) is 42.5 Å². The van der Waals surface area contributed by atoms with Gasteiger partial charge in [0.2, 0.25) is 5.91 Å². The van der Waals surface area contributed by atoms with E-state index < -0.39 is 5.91 Å². The van der Waals surface area contributed by atoms with E-state index in [-0.39, 0.29) is 28.0 Å².